The summed E-state index contributed by atoms with van der Waals surface area (Å²) in [5, 5.41) is 12.5. The van der Waals surface area contributed by atoms with Crippen molar-refractivity contribution in [2.24, 2.45) is 0 Å². The van der Waals surface area contributed by atoms with Gasteiger partial charge in [0.25, 0.3) is 5.91 Å². The van der Waals surface area contributed by atoms with Gasteiger partial charge in [0.1, 0.15) is 23.0 Å². The minimum atomic E-state index is -0.917. The molecular weight excluding hydrogens is 446 g/mol. The Kier molecular flexibility index (Phi) is 6.69. The Morgan fingerprint density at radius 1 is 1.21 bits per heavy atom. The van der Waals surface area contributed by atoms with Crippen LogP contribution in [0, 0.1) is 11.6 Å². The van der Waals surface area contributed by atoms with Gasteiger partial charge in [-0.3, -0.25) is 23.9 Å². The van der Waals surface area contributed by atoms with Crippen molar-refractivity contribution in [3.05, 3.63) is 63.9 Å². The molecule has 8 nitrogen and oxygen atoms in total. The number of benzene rings is 1. The molecule has 1 atom stereocenters. The number of halogens is 2. The molecule has 1 unspecified atom stereocenters. The average Bonchev–Trinajstić information content (AvgIpc) is 3.15. The lowest BCUT2D eigenvalue weighted by Gasteiger charge is -2.18. The van der Waals surface area contributed by atoms with Gasteiger partial charge in [-0.1, -0.05) is 19.8 Å². The number of hydrogen-bond acceptors (Lipinski definition) is 5. The van der Waals surface area contributed by atoms with Crippen LogP contribution in [-0.2, 0) is 4.79 Å². The van der Waals surface area contributed by atoms with Crippen LogP contribution < -0.4 is 15.6 Å². The molecule has 34 heavy (non-hydrogen) atoms. The number of fused-ring (bicyclic) bond motifs is 1. The number of β-amino-alcohol motifs (C(OH)–C–C–N with tert-alkyl or cyclic N) is 1. The molecule has 1 aromatic carbocycles. The summed E-state index contributed by atoms with van der Waals surface area (Å²) in [5.41, 5.74) is -0.947. The quantitative estimate of drug-likeness (QED) is 0.517. The number of carbonyl (C=O) groups is 2. The number of aromatic nitrogens is 2. The zero-order valence-corrected chi connectivity index (χ0v) is 18.6. The highest BCUT2D eigenvalue weighted by atomic mass is 19.1. The Balaban J connectivity index is 1.87. The van der Waals surface area contributed by atoms with E-state index in [1.54, 1.807) is 0 Å². The topological polar surface area (TPSA) is 105 Å². The summed E-state index contributed by atoms with van der Waals surface area (Å²) in [6, 6.07) is 5.76. The molecule has 2 aromatic heterocycles. The minimum Gasteiger partial charge on any atom is -0.391 e. The summed E-state index contributed by atoms with van der Waals surface area (Å²) in [6.45, 7) is 2.44. The first-order chi connectivity index (χ1) is 16.3. The standard InChI is InChI=1S/C24H24F2N4O4/c1-2-3-4-9-27-24(34)17-13-29(19-7-5-14(25)10-18(19)26)23-16(22(17)33)6-8-20(28-23)30-12-15(31)11-21(30)32/h5-8,10,13,15,31H,2-4,9,11-12H2,1H3,(H,27,34). The van der Waals surface area contributed by atoms with E-state index in [2.05, 4.69) is 10.3 Å². The number of nitrogens with zero attached hydrogens (tertiary/aromatic N) is 3. The summed E-state index contributed by atoms with van der Waals surface area (Å²) in [7, 11) is 0. The molecule has 10 heteroatoms. The van der Waals surface area contributed by atoms with Crippen LogP contribution in [0.15, 0.2) is 41.3 Å². The molecule has 2 amide bonds. The van der Waals surface area contributed by atoms with E-state index in [9.17, 15) is 28.3 Å². The number of carbonyl (C=O) groups excluding carboxylic acids is 2. The average molecular weight is 470 g/mol. The van der Waals surface area contributed by atoms with E-state index in [1.165, 1.54) is 33.9 Å². The van der Waals surface area contributed by atoms with Gasteiger partial charge in [-0.15, -0.1) is 0 Å². The van der Waals surface area contributed by atoms with Crippen molar-refractivity contribution in [2.45, 2.75) is 38.7 Å². The molecule has 4 rings (SSSR count). The van der Waals surface area contributed by atoms with Crippen LogP contribution >= 0.6 is 0 Å². The SMILES string of the molecule is CCCCCNC(=O)c1cn(-c2ccc(F)cc2F)c2nc(N3CC(O)CC3=O)ccc2c1=O. The van der Waals surface area contributed by atoms with Crippen molar-refractivity contribution in [2.75, 3.05) is 18.0 Å². The van der Waals surface area contributed by atoms with Crippen molar-refractivity contribution < 1.29 is 23.5 Å². The molecule has 1 aliphatic rings. The molecule has 1 fully saturated rings. The predicted octanol–water partition coefficient (Wildman–Crippen LogP) is 2.68. The van der Waals surface area contributed by atoms with E-state index >= 15 is 0 Å². The van der Waals surface area contributed by atoms with E-state index in [4.69, 9.17) is 0 Å². The number of pyridine rings is 2. The lowest BCUT2D eigenvalue weighted by molar-refractivity contribution is -0.117. The number of hydrogen-bond donors (Lipinski definition) is 2. The maximum atomic E-state index is 14.7. The maximum absolute atomic E-state index is 14.7. The molecule has 1 saturated heterocycles. The molecule has 0 saturated carbocycles. The first-order valence-corrected chi connectivity index (χ1v) is 11.1. The zero-order valence-electron chi connectivity index (χ0n) is 18.6. The number of nitrogens with one attached hydrogen (secondary N) is 1. The fraction of sp³-hybridized carbons (Fsp3) is 0.333. The van der Waals surface area contributed by atoms with Gasteiger partial charge < -0.3 is 10.4 Å². The van der Waals surface area contributed by atoms with Gasteiger partial charge in [0.2, 0.25) is 11.3 Å². The number of rotatable bonds is 7. The molecule has 0 aliphatic carbocycles. The van der Waals surface area contributed by atoms with Gasteiger partial charge in [-0.05, 0) is 30.7 Å². The van der Waals surface area contributed by atoms with Crippen LogP contribution in [0.3, 0.4) is 0 Å². The van der Waals surface area contributed by atoms with Gasteiger partial charge in [0.15, 0.2) is 5.65 Å². The van der Waals surface area contributed by atoms with Crippen molar-refractivity contribution >= 4 is 28.7 Å². The summed E-state index contributed by atoms with van der Waals surface area (Å²) in [4.78, 5) is 43.8. The van der Waals surface area contributed by atoms with Crippen molar-refractivity contribution in [1.29, 1.82) is 0 Å². The van der Waals surface area contributed by atoms with Gasteiger partial charge >= 0.3 is 0 Å². The highest BCUT2D eigenvalue weighted by Crippen LogP contribution is 2.25. The molecule has 3 heterocycles. The van der Waals surface area contributed by atoms with E-state index in [0.717, 1.165) is 25.3 Å². The van der Waals surface area contributed by atoms with Crippen molar-refractivity contribution in [1.82, 2.24) is 14.9 Å². The molecule has 0 bridgehead atoms. The Bertz CT molecular complexity index is 1320. The van der Waals surface area contributed by atoms with Crippen LogP contribution in [0.2, 0.25) is 0 Å². The molecular formula is C24H24F2N4O4. The maximum Gasteiger partial charge on any atom is 0.256 e. The van der Waals surface area contributed by atoms with Crippen LogP contribution in [0.25, 0.3) is 16.7 Å². The second kappa shape index (κ2) is 9.68. The normalized spacial score (nSPS) is 15.8. The fourth-order valence-electron chi connectivity index (χ4n) is 3.95. The molecule has 178 valence electrons. The first kappa shape index (κ1) is 23.5. The highest BCUT2D eigenvalue weighted by molar-refractivity contribution is 5.98. The number of aliphatic hydroxyl groups is 1. The van der Waals surface area contributed by atoms with Crippen LogP contribution in [0.1, 0.15) is 43.0 Å². The Hall–Kier alpha value is -3.66. The second-order valence-electron chi connectivity index (χ2n) is 8.20. The Labute approximate surface area is 193 Å². The second-order valence-corrected chi connectivity index (χ2v) is 8.20. The lowest BCUT2D eigenvalue weighted by atomic mass is 10.1. The largest absolute Gasteiger partial charge is 0.391 e. The summed E-state index contributed by atoms with van der Waals surface area (Å²) in [6.07, 6.45) is 2.90. The molecule has 0 spiro atoms. The lowest BCUT2D eigenvalue weighted by Crippen LogP contribution is -2.31. The van der Waals surface area contributed by atoms with E-state index in [-0.39, 0.29) is 47.0 Å². The highest BCUT2D eigenvalue weighted by Gasteiger charge is 2.30. The third-order valence-corrected chi connectivity index (χ3v) is 5.70. The van der Waals surface area contributed by atoms with E-state index < -0.39 is 29.1 Å². The van der Waals surface area contributed by atoms with Crippen LogP contribution in [-0.4, -0.2) is 45.7 Å². The van der Waals surface area contributed by atoms with Crippen molar-refractivity contribution in [3.63, 3.8) is 0 Å². The minimum absolute atomic E-state index is 0.00951. The summed E-state index contributed by atoms with van der Waals surface area (Å²) in [5.74, 6) is -2.49. The number of unbranched alkanes of at least 4 members (excludes halogenated alkanes) is 2. The van der Waals surface area contributed by atoms with E-state index in [1.807, 2.05) is 6.92 Å². The summed E-state index contributed by atoms with van der Waals surface area (Å²) >= 11 is 0. The monoisotopic (exact) mass is 470 g/mol. The fourth-order valence-corrected chi connectivity index (χ4v) is 3.95. The first-order valence-electron chi connectivity index (χ1n) is 11.1. The molecule has 0 radical (unpaired) electrons. The molecule has 1 aliphatic heterocycles. The smallest absolute Gasteiger partial charge is 0.256 e. The third kappa shape index (κ3) is 4.54. The van der Waals surface area contributed by atoms with Gasteiger partial charge in [0.05, 0.1) is 30.1 Å². The predicted molar refractivity (Wildman–Crippen MR) is 122 cm³/mol. The molecule has 3 aromatic rings. The number of aliphatic hydroxyl groups excluding tert-OH is 1. The summed E-state index contributed by atoms with van der Waals surface area (Å²) < 4.78 is 29.5. The van der Waals surface area contributed by atoms with Gasteiger partial charge in [-0.25, -0.2) is 13.8 Å². The number of anilines is 1. The van der Waals surface area contributed by atoms with Crippen LogP contribution in [0.5, 0.6) is 0 Å². The van der Waals surface area contributed by atoms with Crippen LogP contribution in [0.4, 0.5) is 14.6 Å². The Morgan fingerprint density at radius 3 is 2.68 bits per heavy atom. The Morgan fingerprint density at radius 2 is 2.00 bits per heavy atom. The van der Waals surface area contributed by atoms with Gasteiger partial charge in [-0.2, -0.15) is 0 Å². The zero-order chi connectivity index (χ0) is 24.4. The van der Waals surface area contributed by atoms with E-state index in [0.29, 0.717) is 12.6 Å². The molecule has 2 N–H and O–H groups in total. The number of amides is 2. The van der Waals surface area contributed by atoms with Gasteiger partial charge in [0, 0.05) is 18.8 Å². The van der Waals surface area contributed by atoms with Crippen molar-refractivity contribution in [3.8, 4) is 5.69 Å². The third-order valence-electron chi connectivity index (χ3n) is 5.70.